The standard InChI is InChI=1S/C26H23F6N5O/c1-15-11-17(23-33-13-21(34-23)16-5-7-19(8-6-16)25(27,28)29)9-10-37(15)14-22-35-24(38-36-22)18-3-2-4-20(12-18)26(30,31)32/h2-8,12-13,15,17H,9-11,14H2,1H3,(H,33,34). The lowest BCUT2D eigenvalue weighted by molar-refractivity contribution is -0.138. The van der Waals surface area contributed by atoms with E-state index in [1.54, 1.807) is 6.20 Å². The van der Waals surface area contributed by atoms with Crippen LogP contribution in [0, 0.1) is 0 Å². The van der Waals surface area contributed by atoms with Crippen LogP contribution in [-0.4, -0.2) is 37.6 Å². The molecule has 1 aliphatic heterocycles. The van der Waals surface area contributed by atoms with Crippen molar-refractivity contribution < 1.29 is 30.9 Å². The number of aromatic nitrogens is 4. The van der Waals surface area contributed by atoms with Gasteiger partial charge in [-0.05, 0) is 62.2 Å². The van der Waals surface area contributed by atoms with Gasteiger partial charge in [-0.2, -0.15) is 31.3 Å². The normalized spacial score (nSPS) is 19.1. The predicted octanol–water partition coefficient (Wildman–Crippen LogP) is 6.93. The van der Waals surface area contributed by atoms with E-state index in [2.05, 4.69) is 31.9 Å². The van der Waals surface area contributed by atoms with Crippen molar-refractivity contribution in [1.82, 2.24) is 25.0 Å². The molecule has 38 heavy (non-hydrogen) atoms. The fourth-order valence-corrected chi connectivity index (χ4v) is 4.68. The third-order valence-electron chi connectivity index (χ3n) is 6.77. The molecule has 1 saturated heterocycles. The van der Waals surface area contributed by atoms with Gasteiger partial charge in [0.15, 0.2) is 5.82 Å². The first kappa shape index (κ1) is 26.0. The quantitative estimate of drug-likeness (QED) is 0.281. The van der Waals surface area contributed by atoms with Crippen molar-refractivity contribution in [3.05, 3.63) is 77.5 Å². The molecule has 3 heterocycles. The smallest absolute Gasteiger partial charge is 0.342 e. The zero-order valence-electron chi connectivity index (χ0n) is 20.1. The monoisotopic (exact) mass is 535 g/mol. The fraction of sp³-hybridized carbons (Fsp3) is 0.346. The number of halogens is 6. The minimum absolute atomic E-state index is 0.0278. The van der Waals surface area contributed by atoms with Crippen LogP contribution in [0.1, 0.15) is 48.5 Å². The Morgan fingerprint density at radius 2 is 1.71 bits per heavy atom. The van der Waals surface area contributed by atoms with Crippen LogP contribution in [-0.2, 0) is 18.9 Å². The van der Waals surface area contributed by atoms with Crippen molar-refractivity contribution in [2.24, 2.45) is 0 Å². The van der Waals surface area contributed by atoms with E-state index >= 15 is 0 Å². The van der Waals surface area contributed by atoms with E-state index in [0.717, 1.165) is 42.9 Å². The number of hydrogen-bond donors (Lipinski definition) is 1. The first-order chi connectivity index (χ1) is 18.0. The minimum atomic E-state index is -4.47. The van der Waals surface area contributed by atoms with Crippen molar-refractivity contribution in [3.63, 3.8) is 0 Å². The molecule has 0 amide bonds. The van der Waals surface area contributed by atoms with E-state index in [9.17, 15) is 26.3 Å². The number of nitrogens with zero attached hydrogens (tertiary/aromatic N) is 4. The highest BCUT2D eigenvalue weighted by molar-refractivity contribution is 5.59. The number of likely N-dealkylation sites (tertiary alicyclic amines) is 1. The van der Waals surface area contributed by atoms with E-state index in [1.165, 1.54) is 24.3 Å². The van der Waals surface area contributed by atoms with Crippen molar-refractivity contribution in [2.75, 3.05) is 6.54 Å². The summed E-state index contributed by atoms with van der Waals surface area (Å²) in [5.74, 6) is 1.32. The van der Waals surface area contributed by atoms with Crippen LogP contribution in [0.2, 0.25) is 0 Å². The van der Waals surface area contributed by atoms with E-state index in [-0.39, 0.29) is 23.4 Å². The molecular weight excluding hydrogens is 512 g/mol. The van der Waals surface area contributed by atoms with Gasteiger partial charge in [-0.25, -0.2) is 4.98 Å². The van der Waals surface area contributed by atoms with Gasteiger partial charge in [0.1, 0.15) is 5.82 Å². The Balaban J connectivity index is 1.21. The number of piperidine rings is 1. The molecule has 5 rings (SSSR count). The molecule has 2 aromatic carbocycles. The van der Waals surface area contributed by atoms with Crippen LogP contribution in [0.15, 0.2) is 59.3 Å². The molecule has 0 radical (unpaired) electrons. The second-order valence-corrected chi connectivity index (χ2v) is 9.39. The molecular formula is C26H23F6N5O. The summed E-state index contributed by atoms with van der Waals surface area (Å²) in [6, 6.07) is 9.82. The zero-order valence-corrected chi connectivity index (χ0v) is 20.1. The Labute approximate surface area is 213 Å². The summed E-state index contributed by atoms with van der Waals surface area (Å²) in [4.78, 5) is 14.2. The second kappa shape index (κ2) is 9.90. The van der Waals surface area contributed by atoms with Gasteiger partial charge >= 0.3 is 12.4 Å². The summed E-state index contributed by atoms with van der Waals surface area (Å²) in [6.07, 6.45) is -5.67. The molecule has 1 aliphatic rings. The minimum Gasteiger partial charge on any atom is -0.342 e. The summed E-state index contributed by atoms with van der Waals surface area (Å²) in [6.45, 7) is 3.14. The van der Waals surface area contributed by atoms with Crippen LogP contribution in [0.3, 0.4) is 0 Å². The molecule has 0 aliphatic carbocycles. The van der Waals surface area contributed by atoms with Gasteiger partial charge in [-0.3, -0.25) is 4.90 Å². The van der Waals surface area contributed by atoms with Gasteiger partial charge in [0.2, 0.25) is 0 Å². The first-order valence-corrected chi connectivity index (χ1v) is 11.9. The Morgan fingerprint density at radius 1 is 0.974 bits per heavy atom. The number of nitrogens with one attached hydrogen (secondary N) is 1. The van der Waals surface area contributed by atoms with Crippen LogP contribution in [0.25, 0.3) is 22.7 Å². The highest BCUT2D eigenvalue weighted by Crippen LogP contribution is 2.34. The molecule has 4 aromatic rings. The van der Waals surface area contributed by atoms with Gasteiger partial charge in [-0.15, -0.1) is 0 Å². The van der Waals surface area contributed by atoms with Crippen LogP contribution in [0.4, 0.5) is 26.3 Å². The number of H-pyrrole nitrogens is 1. The second-order valence-electron chi connectivity index (χ2n) is 9.39. The van der Waals surface area contributed by atoms with Crippen molar-refractivity contribution >= 4 is 0 Å². The van der Waals surface area contributed by atoms with Gasteiger partial charge in [0.25, 0.3) is 5.89 Å². The van der Waals surface area contributed by atoms with Crippen molar-refractivity contribution in [1.29, 1.82) is 0 Å². The van der Waals surface area contributed by atoms with Crippen LogP contribution in [0.5, 0.6) is 0 Å². The first-order valence-electron chi connectivity index (χ1n) is 11.9. The largest absolute Gasteiger partial charge is 0.416 e. The van der Waals surface area contributed by atoms with E-state index in [1.807, 2.05) is 0 Å². The molecule has 1 N–H and O–H groups in total. The lowest BCUT2D eigenvalue weighted by Crippen LogP contribution is -2.40. The van der Waals surface area contributed by atoms with E-state index in [4.69, 9.17) is 4.52 Å². The number of benzene rings is 2. The number of rotatable bonds is 5. The van der Waals surface area contributed by atoms with Crippen LogP contribution >= 0.6 is 0 Å². The third-order valence-corrected chi connectivity index (χ3v) is 6.77. The number of hydrogen-bond acceptors (Lipinski definition) is 5. The predicted molar refractivity (Wildman–Crippen MR) is 126 cm³/mol. The maximum Gasteiger partial charge on any atom is 0.416 e. The fourth-order valence-electron chi connectivity index (χ4n) is 4.68. The molecule has 2 unspecified atom stereocenters. The summed E-state index contributed by atoms with van der Waals surface area (Å²) in [5, 5.41) is 3.95. The Hall–Kier alpha value is -3.67. The lowest BCUT2D eigenvalue weighted by Gasteiger charge is -2.36. The van der Waals surface area contributed by atoms with Gasteiger partial charge in [0.05, 0.1) is 29.6 Å². The Morgan fingerprint density at radius 3 is 2.39 bits per heavy atom. The van der Waals surface area contributed by atoms with E-state index in [0.29, 0.717) is 30.2 Å². The zero-order chi connectivity index (χ0) is 27.1. The average molecular weight is 535 g/mol. The van der Waals surface area contributed by atoms with Crippen molar-refractivity contribution in [2.45, 2.75) is 50.6 Å². The molecule has 2 aromatic heterocycles. The van der Waals surface area contributed by atoms with Gasteiger partial charge in [-0.1, -0.05) is 23.4 Å². The molecule has 0 saturated carbocycles. The van der Waals surface area contributed by atoms with Gasteiger partial charge < -0.3 is 9.51 Å². The summed E-state index contributed by atoms with van der Waals surface area (Å²) in [7, 11) is 0. The van der Waals surface area contributed by atoms with Crippen LogP contribution < -0.4 is 0 Å². The topological polar surface area (TPSA) is 70.8 Å². The Kier molecular flexibility index (Phi) is 6.76. The molecule has 0 bridgehead atoms. The third kappa shape index (κ3) is 5.59. The lowest BCUT2D eigenvalue weighted by atomic mass is 9.91. The summed E-state index contributed by atoms with van der Waals surface area (Å²) >= 11 is 0. The number of aromatic amines is 1. The summed E-state index contributed by atoms with van der Waals surface area (Å²) < 4.78 is 82.8. The molecule has 1 fully saturated rings. The summed E-state index contributed by atoms with van der Waals surface area (Å²) in [5.41, 5.74) is -0.0174. The van der Waals surface area contributed by atoms with Crippen molar-refractivity contribution in [3.8, 4) is 22.7 Å². The highest BCUT2D eigenvalue weighted by atomic mass is 19.4. The SMILES string of the molecule is CC1CC(c2ncc(-c3ccc(C(F)(F)F)cc3)[nH]2)CCN1Cc1noc(-c2cccc(C(F)(F)F)c2)n1. The Bertz CT molecular complexity index is 1390. The maximum absolute atomic E-state index is 13.0. The number of alkyl halides is 6. The number of imidazole rings is 1. The maximum atomic E-state index is 13.0. The molecule has 200 valence electrons. The van der Waals surface area contributed by atoms with E-state index < -0.39 is 23.5 Å². The molecule has 0 spiro atoms. The highest BCUT2D eigenvalue weighted by Gasteiger charge is 2.32. The molecule has 6 nitrogen and oxygen atoms in total. The molecule has 2 atom stereocenters. The average Bonchev–Trinajstić information content (AvgIpc) is 3.55. The molecule has 12 heteroatoms. The van der Waals surface area contributed by atoms with Gasteiger partial charge in [0, 0.05) is 17.5 Å².